The first-order valence-corrected chi connectivity index (χ1v) is 8.88. The summed E-state index contributed by atoms with van der Waals surface area (Å²) in [6, 6.07) is 7.93. The van der Waals surface area contributed by atoms with E-state index in [0.717, 1.165) is 22.2 Å². The second-order valence-electron chi connectivity index (χ2n) is 7.58. The van der Waals surface area contributed by atoms with Crippen molar-refractivity contribution >= 4 is 5.91 Å². The van der Waals surface area contributed by atoms with E-state index in [0.29, 0.717) is 38.3 Å². The van der Waals surface area contributed by atoms with Crippen LogP contribution in [0.15, 0.2) is 33.9 Å². The van der Waals surface area contributed by atoms with Crippen LogP contribution >= 0.6 is 0 Å². The quantitative estimate of drug-likeness (QED) is 0.726. The number of aromatic nitrogens is 3. The van der Waals surface area contributed by atoms with Gasteiger partial charge in [0, 0.05) is 38.5 Å². The zero-order chi connectivity index (χ0) is 18.5. The van der Waals surface area contributed by atoms with Gasteiger partial charge in [-0.25, -0.2) is 4.68 Å². The van der Waals surface area contributed by atoms with Gasteiger partial charge in [0.05, 0.1) is 6.42 Å². The van der Waals surface area contributed by atoms with Gasteiger partial charge in [0.15, 0.2) is 0 Å². The molecule has 1 aromatic heterocycles. The number of rotatable bonds is 2. The van der Waals surface area contributed by atoms with Crippen molar-refractivity contribution < 1.29 is 4.79 Å². The van der Waals surface area contributed by atoms with E-state index < -0.39 is 11.1 Å². The molecule has 7 heteroatoms. The number of amides is 1. The van der Waals surface area contributed by atoms with Crippen LogP contribution in [0.1, 0.15) is 23.4 Å². The Morgan fingerprint density at radius 2 is 1.96 bits per heavy atom. The molecule has 26 heavy (non-hydrogen) atoms. The Bertz CT molecular complexity index is 1010. The van der Waals surface area contributed by atoms with Crippen LogP contribution in [-0.4, -0.2) is 38.2 Å². The molecule has 1 unspecified atom stereocenters. The fourth-order valence-electron chi connectivity index (χ4n) is 4.17. The predicted molar refractivity (Wildman–Crippen MR) is 96.0 cm³/mol. The number of likely N-dealkylation sites (tertiary alicyclic amines) is 1. The Kier molecular flexibility index (Phi) is 3.82. The van der Waals surface area contributed by atoms with Crippen LogP contribution in [0.4, 0.5) is 0 Å². The summed E-state index contributed by atoms with van der Waals surface area (Å²) in [7, 11) is 1.50. The van der Waals surface area contributed by atoms with Crippen molar-refractivity contribution in [3.63, 3.8) is 0 Å². The SMILES string of the molecule is Cc1ccccc1CC(=O)N1CCC2(Cc3nn(C)c(=O)c(=O)n3C2)C1. The Balaban J connectivity index is 1.52. The van der Waals surface area contributed by atoms with E-state index in [9.17, 15) is 14.4 Å². The Labute approximate surface area is 150 Å². The molecule has 2 aromatic rings. The standard InChI is InChI=1S/C19H22N4O3/c1-13-5-3-4-6-14(13)9-16(24)22-8-7-19(11-22)10-15-20-21(2)17(25)18(26)23(15)12-19/h3-6H,7-12H2,1-2H3. The van der Waals surface area contributed by atoms with Gasteiger partial charge in [-0.1, -0.05) is 24.3 Å². The Morgan fingerprint density at radius 3 is 2.73 bits per heavy atom. The number of fused-ring (bicyclic) bond motifs is 1. The molecule has 0 radical (unpaired) electrons. The van der Waals surface area contributed by atoms with Crippen LogP contribution in [0.2, 0.25) is 0 Å². The van der Waals surface area contributed by atoms with E-state index in [1.807, 2.05) is 36.1 Å². The highest BCUT2D eigenvalue weighted by atomic mass is 16.2. The highest BCUT2D eigenvalue weighted by Gasteiger charge is 2.45. The molecule has 7 nitrogen and oxygen atoms in total. The number of carbonyl (C=O) groups is 1. The maximum absolute atomic E-state index is 12.7. The Morgan fingerprint density at radius 1 is 1.19 bits per heavy atom. The normalized spacial score (nSPS) is 21.4. The van der Waals surface area contributed by atoms with Crippen LogP contribution in [0.5, 0.6) is 0 Å². The third-order valence-corrected chi connectivity index (χ3v) is 5.72. The molecule has 1 atom stereocenters. The summed E-state index contributed by atoms with van der Waals surface area (Å²) >= 11 is 0. The molecule has 4 rings (SSSR count). The molecular weight excluding hydrogens is 332 g/mol. The van der Waals surface area contributed by atoms with Gasteiger partial charge in [-0.05, 0) is 24.5 Å². The second kappa shape index (κ2) is 5.93. The lowest BCUT2D eigenvalue weighted by Crippen LogP contribution is -2.42. The minimum atomic E-state index is -0.601. The van der Waals surface area contributed by atoms with Gasteiger partial charge in [0.25, 0.3) is 0 Å². The van der Waals surface area contributed by atoms with Gasteiger partial charge < -0.3 is 4.90 Å². The van der Waals surface area contributed by atoms with Crippen molar-refractivity contribution in [1.82, 2.24) is 19.2 Å². The van der Waals surface area contributed by atoms with Crippen LogP contribution in [0, 0.1) is 12.3 Å². The zero-order valence-electron chi connectivity index (χ0n) is 15.1. The van der Waals surface area contributed by atoms with Gasteiger partial charge in [-0.3, -0.25) is 19.0 Å². The van der Waals surface area contributed by atoms with Crippen molar-refractivity contribution in [2.24, 2.45) is 12.5 Å². The molecule has 0 aliphatic carbocycles. The molecule has 1 spiro atoms. The topological polar surface area (TPSA) is 77.2 Å². The molecule has 136 valence electrons. The predicted octanol–water partition coefficient (Wildman–Crippen LogP) is 0.268. The average Bonchev–Trinajstić information content (AvgIpc) is 3.19. The minimum absolute atomic E-state index is 0.113. The van der Waals surface area contributed by atoms with E-state index in [1.54, 1.807) is 0 Å². The first-order chi connectivity index (χ1) is 12.4. The smallest absolute Gasteiger partial charge is 0.332 e. The third kappa shape index (κ3) is 2.67. The number of benzene rings is 1. The highest BCUT2D eigenvalue weighted by molar-refractivity contribution is 5.79. The lowest BCUT2D eigenvalue weighted by atomic mass is 9.86. The van der Waals surface area contributed by atoms with Crippen molar-refractivity contribution in [2.75, 3.05) is 13.1 Å². The van der Waals surface area contributed by atoms with Crippen LogP contribution in [-0.2, 0) is 31.2 Å². The van der Waals surface area contributed by atoms with Gasteiger partial charge in [-0.2, -0.15) is 5.10 Å². The fraction of sp³-hybridized carbons (Fsp3) is 0.474. The van der Waals surface area contributed by atoms with E-state index in [1.165, 1.54) is 11.6 Å². The summed E-state index contributed by atoms with van der Waals surface area (Å²) in [5.41, 5.74) is 0.875. The molecular formula is C19H22N4O3. The van der Waals surface area contributed by atoms with Crippen LogP contribution < -0.4 is 11.1 Å². The van der Waals surface area contributed by atoms with Gasteiger partial charge in [0.1, 0.15) is 5.82 Å². The molecule has 0 bridgehead atoms. The number of nitrogens with zero attached hydrogens (tertiary/aromatic N) is 4. The zero-order valence-corrected chi connectivity index (χ0v) is 15.1. The number of carbonyl (C=O) groups excluding carboxylic acids is 1. The summed E-state index contributed by atoms with van der Waals surface area (Å²) in [6.07, 6.45) is 1.85. The summed E-state index contributed by atoms with van der Waals surface area (Å²) in [6.45, 7) is 3.78. The number of hydrogen-bond acceptors (Lipinski definition) is 4. The van der Waals surface area contributed by atoms with E-state index >= 15 is 0 Å². The summed E-state index contributed by atoms with van der Waals surface area (Å²) in [5.74, 6) is 0.757. The first-order valence-electron chi connectivity index (χ1n) is 8.88. The minimum Gasteiger partial charge on any atom is -0.342 e. The first kappa shape index (κ1) is 16.8. The summed E-state index contributed by atoms with van der Waals surface area (Å²) < 4.78 is 2.61. The molecule has 0 N–H and O–H groups in total. The average molecular weight is 354 g/mol. The van der Waals surface area contributed by atoms with Crippen LogP contribution in [0.25, 0.3) is 0 Å². The summed E-state index contributed by atoms with van der Waals surface area (Å²) in [5, 5.41) is 4.25. The molecule has 1 aromatic carbocycles. The van der Waals surface area contributed by atoms with Crippen molar-refractivity contribution in [3.05, 3.63) is 61.9 Å². The molecule has 1 saturated heterocycles. The fourth-order valence-corrected chi connectivity index (χ4v) is 4.17. The monoisotopic (exact) mass is 354 g/mol. The number of aryl methyl sites for hydroxylation is 2. The van der Waals surface area contributed by atoms with Gasteiger partial charge in [-0.15, -0.1) is 0 Å². The highest BCUT2D eigenvalue weighted by Crippen LogP contribution is 2.39. The van der Waals surface area contributed by atoms with Crippen molar-refractivity contribution in [1.29, 1.82) is 0 Å². The van der Waals surface area contributed by atoms with E-state index in [2.05, 4.69) is 5.10 Å². The molecule has 2 aliphatic heterocycles. The molecule has 1 fully saturated rings. The lowest BCUT2D eigenvalue weighted by Gasteiger charge is -2.23. The van der Waals surface area contributed by atoms with E-state index in [-0.39, 0.29) is 11.3 Å². The Hall–Kier alpha value is -2.70. The third-order valence-electron chi connectivity index (χ3n) is 5.72. The van der Waals surface area contributed by atoms with Crippen molar-refractivity contribution in [2.45, 2.75) is 32.7 Å². The maximum atomic E-state index is 12.7. The molecule has 0 saturated carbocycles. The lowest BCUT2D eigenvalue weighted by molar-refractivity contribution is -0.129. The number of hydrogen-bond donors (Lipinski definition) is 0. The molecule has 1 amide bonds. The largest absolute Gasteiger partial charge is 0.342 e. The van der Waals surface area contributed by atoms with Crippen molar-refractivity contribution in [3.8, 4) is 0 Å². The summed E-state index contributed by atoms with van der Waals surface area (Å²) in [4.78, 5) is 38.7. The molecule has 3 heterocycles. The van der Waals surface area contributed by atoms with E-state index in [4.69, 9.17) is 0 Å². The van der Waals surface area contributed by atoms with Gasteiger partial charge >= 0.3 is 11.1 Å². The van der Waals surface area contributed by atoms with Gasteiger partial charge in [0.2, 0.25) is 5.91 Å². The molecule has 2 aliphatic rings. The second-order valence-corrected chi connectivity index (χ2v) is 7.58. The van der Waals surface area contributed by atoms with Crippen LogP contribution in [0.3, 0.4) is 0 Å². The maximum Gasteiger partial charge on any atom is 0.332 e.